The zero-order chi connectivity index (χ0) is 25.0. The maximum absolute atomic E-state index is 12.7. The van der Waals surface area contributed by atoms with Gasteiger partial charge in [0.2, 0.25) is 10.8 Å². The zero-order valence-electron chi connectivity index (χ0n) is 18.2. The predicted molar refractivity (Wildman–Crippen MR) is 118 cm³/mol. The van der Waals surface area contributed by atoms with E-state index in [1.165, 1.54) is 6.92 Å². The van der Waals surface area contributed by atoms with Crippen LogP contribution in [0.25, 0.3) is 0 Å². The van der Waals surface area contributed by atoms with Crippen LogP contribution in [0.1, 0.15) is 31.2 Å². The second-order valence-corrected chi connectivity index (χ2v) is 8.65. The fourth-order valence-electron chi connectivity index (χ4n) is 3.81. The van der Waals surface area contributed by atoms with Gasteiger partial charge in [-0.15, -0.1) is 12.6 Å². The summed E-state index contributed by atoms with van der Waals surface area (Å²) in [4.78, 5) is 34.4. The van der Waals surface area contributed by atoms with Crippen molar-refractivity contribution in [1.29, 1.82) is 0 Å². The SMILES string of the molecule is COC(=O)C1(S)O[C@@H]([C@H](O)[C@H](O)CO)[C@@](N)(NC(=O)CCC(C)=O)[C@@H](O)C1c1ccccc1. The highest BCUT2D eigenvalue weighted by Crippen LogP contribution is 2.48. The van der Waals surface area contributed by atoms with Crippen LogP contribution in [0.3, 0.4) is 0 Å². The summed E-state index contributed by atoms with van der Waals surface area (Å²) >= 11 is 4.35. The Morgan fingerprint density at radius 1 is 1.24 bits per heavy atom. The summed E-state index contributed by atoms with van der Waals surface area (Å²) in [6.07, 6.45) is -7.78. The van der Waals surface area contributed by atoms with Gasteiger partial charge in [-0.25, -0.2) is 4.79 Å². The Morgan fingerprint density at radius 2 is 1.85 bits per heavy atom. The molecular weight excluding hydrogens is 456 g/mol. The third kappa shape index (κ3) is 5.54. The number of hydrogen-bond donors (Lipinski definition) is 7. The molecule has 2 unspecified atom stereocenters. The molecule has 0 spiro atoms. The van der Waals surface area contributed by atoms with Crippen LogP contribution >= 0.6 is 12.6 Å². The Hall–Kier alpha value is -2.06. The number of esters is 1. The number of carbonyl (C=O) groups is 3. The summed E-state index contributed by atoms with van der Waals surface area (Å²) < 4.78 is 10.6. The van der Waals surface area contributed by atoms with E-state index < -0.39 is 59.4 Å². The van der Waals surface area contributed by atoms with Crippen molar-refractivity contribution in [3.05, 3.63) is 35.9 Å². The van der Waals surface area contributed by atoms with Gasteiger partial charge in [-0.2, -0.15) is 0 Å². The number of aliphatic hydroxyl groups excluding tert-OH is 4. The lowest BCUT2D eigenvalue weighted by Crippen LogP contribution is -2.80. The lowest BCUT2D eigenvalue weighted by molar-refractivity contribution is -0.235. The van der Waals surface area contributed by atoms with E-state index in [1.807, 2.05) is 0 Å². The van der Waals surface area contributed by atoms with Gasteiger partial charge in [0.1, 0.15) is 35.9 Å². The Bertz CT molecular complexity index is 857. The van der Waals surface area contributed by atoms with Gasteiger partial charge in [0, 0.05) is 12.8 Å². The first-order valence-corrected chi connectivity index (χ1v) is 10.6. The number of rotatable bonds is 9. The summed E-state index contributed by atoms with van der Waals surface area (Å²) in [5.41, 5.74) is 4.49. The summed E-state index contributed by atoms with van der Waals surface area (Å²) in [6.45, 7) is 0.386. The molecule has 1 aliphatic rings. The molecule has 12 heteroatoms. The van der Waals surface area contributed by atoms with E-state index >= 15 is 0 Å². The average molecular weight is 487 g/mol. The second-order valence-electron chi connectivity index (χ2n) is 7.98. The Kier molecular flexibility index (Phi) is 8.99. The largest absolute Gasteiger partial charge is 0.466 e. The molecule has 1 aromatic carbocycles. The highest BCUT2D eigenvalue weighted by molar-refractivity contribution is 7.82. The predicted octanol–water partition coefficient (Wildman–Crippen LogP) is -1.82. The number of methoxy groups -OCH3 is 1. The molecule has 1 amide bonds. The molecule has 0 aromatic heterocycles. The third-order valence-electron chi connectivity index (χ3n) is 5.59. The van der Waals surface area contributed by atoms with Crippen molar-refractivity contribution >= 4 is 30.3 Å². The highest BCUT2D eigenvalue weighted by Gasteiger charge is 2.65. The van der Waals surface area contributed by atoms with Gasteiger partial charge < -0.3 is 45.7 Å². The van der Waals surface area contributed by atoms with E-state index in [0.717, 1.165) is 7.11 Å². The number of carbonyl (C=O) groups excluding carboxylic acids is 3. The molecule has 0 radical (unpaired) electrons. The van der Waals surface area contributed by atoms with Gasteiger partial charge in [0.25, 0.3) is 0 Å². The van der Waals surface area contributed by atoms with E-state index in [4.69, 9.17) is 15.2 Å². The monoisotopic (exact) mass is 486 g/mol. The third-order valence-corrected chi connectivity index (χ3v) is 6.16. The van der Waals surface area contributed by atoms with Crippen LogP contribution in [0, 0.1) is 0 Å². The highest BCUT2D eigenvalue weighted by atomic mass is 32.1. The van der Waals surface area contributed by atoms with Crippen LogP contribution in [0.2, 0.25) is 0 Å². The van der Waals surface area contributed by atoms with Crippen molar-refractivity contribution in [2.24, 2.45) is 5.73 Å². The normalized spacial score (nSPS) is 31.3. The van der Waals surface area contributed by atoms with Crippen LogP contribution in [0.15, 0.2) is 30.3 Å². The number of benzene rings is 1. The van der Waals surface area contributed by atoms with Crippen LogP contribution in [-0.4, -0.2) is 86.8 Å². The molecule has 0 saturated carbocycles. The molecule has 1 heterocycles. The molecule has 0 aliphatic carbocycles. The second kappa shape index (κ2) is 10.9. The number of aliphatic hydroxyl groups is 4. The fourth-order valence-corrected chi connectivity index (χ4v) is 4.31. The van der Waals surface area contributed by atoms with E-state index in [2.05, 4.69) is 17.9 Å². The molecule has 1 fully saturated rings. The summed E-state index contributed by atoms with van der Waals surface area (Å²) in [5.74, 6) is -3.34. The van der Waals surface area contributed by atoms with Crippen molar-refractivity contribution in [2.75, 3.05) is 13.7 Å². The summed E-state index contributed by atoms with van der Waals surface area (Å²) in [7, 11) is 1.07. The molecule has 7 N–H and O–H groups in total. The number of nitrogens with two attached hydrogens (primary N) is 1. The van der Waals surface area contributed by atoms with Crippen molar-refractivity contribution in [1.82, 2.24) is 5.32 Å². The van der Waals surface area contributed by atoms with E-state index in [9.17, 15) is 34.8 Å². The van der Waals surface area contributed by atoms with Crippen LogP contribution in [0.5, 0.6) is 0 Å². The standard InChI is InChI=1S/C21H30N2O9S/c1-11(25)8-9-14(27)23-20(22)17(29)15(12-6-4-3-5-7-12)21(33,19(30)31-2)32-18(20)16(28)13(26)10-24/h3-7,13,15-18,24,26,28-29,33H,8-10,22H2,1-2H3,(H,23,27)/t13-,15?,16-,17+,18+,20+,21?/m1/s1. The fraction of sp³-hybridized carbons (Fsp3) is 0.571. The molecule has 0 bridgehead atoms. The molecular formula is C21H30N2O9S. The lowest BCUT2D eigenvalue weighted by Gasteiger charge is -2.55. The van der Waals surface area contributed by atoms with Gasteiger partial charge in [0.15, 0.2) is 0 Å². The van der Waals surface area contributed by atoms with Crippen molar-refractivity contribution in [3.8, 4) is 0 Å². The molecule has 33 heavy (non-hydrogen) atoms. The number of Topliss-reactive ketones (excluding diaryl/α,β-unsaturated/α-hetero) is 1. The molecule has 184 valence electrons. The van der Waals surface area contributed by atoms with Gasteiger partial charge in [-0.3, -0.25) is 4.79 Å². The molecule has 2 rings (SSSR count). The minimum absolute atomic E-state index is 0.105. The molecule has 1 aromatic rings. The number of ketones is 1. The van der Waals surface area contributed by atoms with E-state index in [0.29, 0.717) is 5.56 Å². The van der Waals surface area contributed by atoms with Gasteiger partial charge in [-0.1, -0.05) is 30.3 Å². The van der Waals surface area contributed by atoms with Gasteiger partial charge in [-0.05, 0) is 12.5 Å². The van der Waals surface area contributed by atoms with Crippen LogP contribution < -0.4 is 11.1 Å². The number of amides is 1. The van der Waals surface area contributed by atoms with Crippen molar-refractivity contribution in [3.63, 3.8) is 0 Å². The quantitative estimate of drug-likeness (QED) is 0.119. The maximum atomic E-state index is 12.7. The smallest absolute Gasteiger partial charge is 0.349 e. The Balaban J connectivity index is 2.61. The summed E-state index contributed by atoms with van der Waals surface area (Å²) in [6, 6.07) is 8.10. The first-order valence-electron chi connectivity index (χ1n) is 10.2. The molecule has 7 atom stereocenters. The average Bonchev–Trinajstić information content (AvgIpc) is 2.79. The van der Waals surface area contributed by atoms with Gasteiger partial charge in [0.05, 0.1) is 19.6 Å². The van der Waals surface area contributed by atoms with Crippen molar-refractivity contribution in [2.45, 2.75) is 60.7 Å². The molecule has 11 nitrogen and oxygen atoms in total. The number of thiol groups is 1. The topological polar surface area (TPSA) is 189 Å². The van der Waals surface area contributed by atoms with Crippen LogP contribution in [-0.2, 0) is 23.9 Å². The first-order chi connectivity index (χ1) is 15.4. The number of nitrogens with one attached hydrogen (secondary N) is 1. The van der Waals surface area contributed by atoms with Gasteiger partial charge >= 0.3 is 5.97 Å². The number of hydrogen-bond acceptors (Lipinski definition) is 11. The van der Waals surface area contributed by atoms with Crippen LogP contribution in [0.4, 0.5) is 0 Å². The minimum Gasteiger partial charge on any atom is -0.466 e. The first kappa shape index (κ1) is 27.2. The van der Waals surface area contributed by atoms with E-state index in [1.54, 1.807) is 30.3 Å². The van der Waals surface area contributed by atoms with Crippen molar-refractivity contribution < 1.29 is 44.3 Å². The Morgan fingerprint density at radius 3 is 2.36 bits per heavy atom. The maximum Gasteiger partial charge on any atom is 0.349 e. The molecule has 1 saturated heterocycles. The van der Waals surface area contributed by atoms with E-state index in [-0.39, 0.29) is 18.6 Å². The lowest BCUT2D eigenvalue weighted by atomic mass is 9.74. The Labute approximate surface area is 196 Å². The summed E-state index contributed by atoms with van der Waals surface area (Å²) in [5, 5.41) is 43.8. The zero-order valence-corrected chi connectivity index (χ0v) is 19.1. The molecule has 1 aliphatic heterocycles. The minimum atomic E-state index is -2.27. The number of ether oxygens (including phenoxy) is 2.